The Labute approximate surface area is 158 Å². The minimum absolute atomic E-state index is 0.454. The van der Waals surface area contributed by atoms with E-state index in [2.05, 4.69) is 15.3 Å². The van der Waals surface area contributed by atoms with Gasteiger partial charge in [-0.1, -0.05) is 6.85 Å². The van der Waals surface area contributed by atoms with Crippen molar-refractivity contribution in [1.29, 1.82) is 0 Å². The Balaban J connectivity index is 2.60. The van der Waals surface area contributed by atoms with E-state index in [1.54, 1.807) is 0 Å². The number of carbonyl (C=O) groups is 1. The number of nitrogens with one attached hydrogen (secondary N) is 2. The molecule has 3 unspecified atom stereocenters. The lowest BCUT2D eigenvalue weighted by Gasteiger charge is -2.32. The topological polar surface area (TPSA) is 113 Å². The van der Waals surface area contributed by atoms with E-state index >= 15 is 0 Å². The Bertz CT molecular complexity index is 1030. The lowest BCUT2D eigenvalue weighted by molar-refractivity contribution is 0.0739. The molecule has 1 aromatic rings. The summed E-state index contributed by atoms with van der Waals surface area (Å²) in [5.41, 5.74) is 1.21. The summed E-state index contributed by atoms with van der Waals surface area (Å²) in [5, 5.41) is 14.8. The SMILES string of the molecule is [2H]C1(Nc2nc(NC(C([2H])([2H])[2H])(C([2H])([2H])[2H])C([2H])([2H])[2H])ncc2C(N)=O)CCC([2H])(C([2H])([2H])[2H])C([2H])(O)C1. The molecule has 1 aromatic heterocycles. The summed E-state index contributed by atoms with van der Waals surface area (Å²) < 4.78 is 117. The highest BCUT2D eigenvalue weighted by Crippen LogP contribution is 2.27. The van der Waals surface area contributed by atoms with Crippen molar-refractivity contribution in [2.45, 2.75) is 64.3 Å². The Morgan fingerprint density at radius 2 is 2.30 bits per heavy atom. The summed E-state index contributed by atoms with van der Waals surface area (Å²) in [6.07, 6.45) is -4.37. The Morgan fingerprint density at radius 1 is 1.52 bits per heavy atom. The molecule has 128 valence electrons. The summed E-state index contributed by atoms with van der Waals surface area (Å²) in [4.78, 5) is 19.4. The molecule has 5 N–H and O–H groups in total. The standard InChI is InChI=1S/C16H27N5O2/c1-9-5-6-10(7-12(9)22)19-14-11(13(17)23)8-18-15(20-14)21-16(2,3)4/h8-10,12,22H,5-7H2,1-4H3,(H2,17,23)(H2,18,19,20,21)/i1D3,2D3,3D3,4D3,9D,10D,12D. The maximum Gasteiger partial charge on any atom is 0.254 e. The molecule has 1 aliphatic rings. The first-order chi connectivity index (χ1) is 16.6. The van der Waals surface area contributed by atoms with Crippen molar-refractivity contribution in [2.75, 3.05) is 10.6 Å². The number of anilines is 2. The van der Waals surface area contributed by atoms with E-state index < -0.39 is 93.4 Å². The van der Waals surface area contributed by atoms with Gasteiger partial charge in [-0.15, -0.1) is 0 Å². The van der Waals surface area contributed by atoms with Crippen molar-refractivity contribution >= 4 is 17.7 Å². The van der Waals surface area contributed by atoms with Crippen molar-refractivity contribution in [3.63, 3.8) is 0 Å². The Kier molecular flexibility index (Phi) is 1.81. The highest BCUT2D eigenvalue weighted by atomic mass is 16.3. The first-order valence-electron chi connectivity index (χ1n) is 14.1. The van der Waals surface area contributed by atoms with Crippen molar-refractivity contribution in [3.05, 3.63) is 11.8 Å². The second-order valence-corrected chi connectivity index (χ2v) is 5.03. The van der Waals surface area contributed by atoms with Crippen LogP contribution < -0.4 is 16.4 Å². The maximum absolute atomic E-state index is 12.0. The van der Waals surface area contributed by atoms with Crippen LogP contribution in [0.15, 0.2) is 6.20 Å². The Morgan fingerprint density at radius 3 is 2.91 bits per heavy atom. The number of aliphatic hydroxyl groups is 1. The van der Waals surface area contributed by atoms with E-state index in [-0.39, 0.29) is 0 Å². The largest absolute Gasteiger partial charge is 0.393 e. The molecule has 7 nitrogen and oxygen atoms in total. The summed E-state index contributed by atoms with van der Waals surface area (Å²) in [7, 11) is 0. The normalized spacial score (nSPS) is 46.4. The van der Waals surface area contributed by atoms with E-state index in [1.165, 1.54) is 0 Å². The number of nitrogens with two attached hydrogens (primary N) is 1. The molecule has 1 amide bonds. The molecular formula is C16H27N5O2. The van der Waals surface area contributed by atoms with Gasteiger partial charge in [0.1, 0.15) is 5.82 Å². The third kappa shape index (κ3) is 4.79. The highest BCUT2D eigenvalue weighted by Gasteiger charge is 2.27. The zero-order valence-electron chi connectivity index (χ0n) is 27.0. The van der Waals surface area contributed by atoms with Gasteiger partial charge >= 0.3 is 0 Å². The molecule has 0 bridgehead atoms. The van der Waals surface area contributed by atoms with Crippen LogP contribution in [0, 0.1) is 5.89 Å². The van der Waals surface area contributed by atoms with Gasteiger partial charge in [0, 0.05) is 35.6 Å². The van der Waals surface area contributed by atoms with E-state index in [9.17, 15) is 9.90 Å². The minimum atomic E-state index is -3.67. The van der Waals surface area contributed by atoms with Crippen LogP contribution in [0.1, 0.15) is 77.6 Å². The first kappa shape index (κ1) is 6.20. The van der Waals surface area contributed by atoms with Gasteiger partial charge in [0.2, 0.25) is 5.95 Å². The second kappa shape index (κ2) is 6.70. The summed E-state index contributed by atoms with van der Waals surface area (Å²) in [5.74, 6) is -5.34. The summed E-state index contributed by atoms with van der Waals surface area (Å²) in [6.45, 7) is -14.1. The predicted molar refractivity (Wildman–Crippen MR) is 90.4 cm³/mol. The fourth-order valence-electron chi connectivity index (χ4n) is 1.98. The molecule has 2 rings (SSSR count). The number of rotatable bonds is 4. The smallest absolute Gasteiger partial charge is 0.254 e. The molecular weight excluding hydrogens is 294 g/mol. The fraction of sp³-hybridized carbons (Fsp3) is 0.688. The van der Waals surface area contributed by atoms with Crippen molar-refractivity contribution in [3.8, 4) is 0 Å². The van der Waals surface area contributed by atoms with Crippen LogP contribution in [0.25, 0.3) is 0 Å². The molecule has 0 aromatic carbocycles. The second-order valence-electron chi connectivity index (χ2n) is 5.03. The van der Waals surface area contributed by atoms with Gasteiger partial charge in [0.15, 0.2) is 0 Å². The van der Waals surface area contributed by atoms with Crippen LogP contribution >= 0.6 is 0 Å². The highest BCUT2D eigenvalue weighted by molar-refractivity contribution is 5.97. The number of aromatic nitrogens is 2. The number of carbonyl (C=O) groups excluding carboxylic acids is 1. The molecule has 7 heteroatoms. The van der Waals surface area contributed by atoms with Crippen LogP contribution in [0.2, 0.25) is 0 Å². The predicted octanol–water partition coefficient (Wildman–Crippen LogP) is 1.75. The van der Waals surface area contributed by atoms with Gasteiger partial charge in [0.05, 0.1) is 14.4 Å². The monoisotopic (exact) mass is 336 g/mol. The molecule has 1 saturated carbocycles. The molecule has 1 heterocycles. The number of hydrogen-bond donors (Lipinski definition) is 4. The number of hydrogen-bond acceptors (Lipinski definition) is 6. The lowest BCUT2D eigenvalue weighted by atomic mass is 9.85. The molecule has 1 fully saturated rings. The van der Waals surface area contributed by atoms with E-state index in [0.29, 0.717) is 6.20 Å². The fourth-order valence-corrected chi connectivity index (χ4v) is 1.98. The number of amides is 1. The molecule has 3 atom stereocenters. The van der Waals surface area contributed by atoms with Gasteiger partial charge in [-0.25, -0.2) is 4.98 Å². The van der Waals surface area contributed by atoms with Crippen LogP contribution in [0.3, 0.4) is 0 Å². The number of nitrogens with zero attached hydrogens (tertiary/aromatic N) is 2. The molecule has 0 spiro atoms. The van der Waals surface area contributed by atoms with Crippen LogP contribution in [0.4, 0.5) is 11.8 Å². The third-order valence-corrected chi connectivity index (χ3v) is 3.05. The van der Waals surface area contributed by atoms with Crippen LogP contribution in [-0.4, -0.2) is 38.6 Å². The summed E-state index contributed by atoms with van der Waals surface area (Å²) in [6, 6.07) is -2.13. The van der Waals surface area contributed by atoms with E-state index in [1.807, 2.05) is 5.32 Å². The van der Waals surface area contributed by atoms with Gasteiger partial charge in [-0.2, -0.15) is 4.98 Å². The third-order valence-electron chi connectivity index (χ3n) is 3.05. The average Bonchev–Trinajstić information content (AvgIpc) is 2.64. The maximum atomic E-state index is 12.0. The molecule has 23 heavy (non-hydrogen) atoms. The quantitative estimate of drug-likeness (QED) is 0.666. The molecule has 1 aliphatic carbocycles. The lowest BCUT2D eigenvalue weighted by Crippen LogP contribution is -2.36. The summed E-state index contributed by atoms with van der Waals surface area (Å²) >= 11 is 0. The number of primary amides is 1. The minimum Gasteiger partial charge on any atom is -0.393 e. The van der Waals surface area contributed by atoms with Crippen LogP contribution in [-0.2, 0) is 0 Å². The zero-order valence-corrected chi connectivity index (χ0v) is 12.0. The van der Waals surface area contributed by atoms with Crippen LogP contribution in [0.5, 0.6) is 0 Å². The van der Waals surface area contributed by atoms with Gasteiger partial charge in [-0.3, -0.25) is 4.79 Å². The molecule has 0 radical (unpaired) electrons. The zero-order chi connectivity index (χ0) is 30.0. The molecule has 0 aliphatic heterocycles. The Hall–Kier alpha value is -1.89. The molecule has 0 saturated heterocycles. The van der Waals surface area contributed by atoms with Gasteiger partial charge in [0.25, 0.3) is 5.91 Å². The van der Waals surface area contributed by atoms with Gasteiger partial charge in [-0.05, 0) is 45.7 Å². The average molecular weight is 337 g/mol. The van der Waals surface area contributed by atoms with Crippen molar-refractivity contribution < 1.29 is 30.5 Å². The van der Waals surface area contributed by atoms with Crippen molar-refractivity contribution in [1.82, 2.24) is 9.97 Å². The first-order valence-corrected chi connectivity index (χ1v) is 6.60. The van der Waals surface area contributed by atoms with E-state index in [0.717, 1.165) is 0 Å². The van der Waals surface area contributed by atoms with Gasteiger partial charge < -0.3 is 21.5 Å². The van der Waals surface area contributed by atoms with Crippen molar-refractivity contribution in [2.24, 2.45) is 11.6 Å². The van der Waals surface area contributed by atoms with E-state index in [4.69, 9.17) is 26.3 Å².